The highest BCUT2D eigenvalue weighted by Crippen LogP contribution is 2.39. The molecule has 2 aromatic rings. The van der Waals surface area contributed by atoms with Crippen LogP contribution in [0.25, 0.3) is 0 Å². The Labute approximate surface area is 157 Å². The molecular weight excluding hydrogens is 344 g/mol. The van der Waals surface area contributed by atoms with Crippen LogP contribution in [0.15, 0.2) is 47.6 Å². The predicted molar refractivity (Wildman–Crippen MR) is 107 cm³/mol. The Morgan fingerprint density at radius 2 is 2.15 bits per heavy atom. The number of aromatic nitrogens is 1. The zero-order valence-electron chi connectivity index (χ0n) is 14.7. The molecule has 134 valence electrons. The van der Waals surface area contributed by atoms with Crippen LogP contribution in [0.1, 0.15) is 53.7 Å². The van der Waals surface area contributed by atoms with Crippen molar-refractivity contribution in [1.29, 1.82) is 0 Å². The number of hydrogen-bond acceptors (Lipinski definition) is 5. The van der Waals surface area contributed by atoms with Crippen LogP contribution in [0.4, 0.5) is 5.69 Å². The number of rotatable bonds is 4. The lowest BCUT2D eigenvalue weighted by Crippen LogP contribution is -2.28. The molecule has 26 heavy (non-hydrogen) atoms. The summed E-state index contributed by atoms with van der Waals surface area (Å²) in [5.41, 5.74) is 9.02. The summed E-state index contributed by atoms with van der Waals surface area (Å²) in [7, 11) is 0. The van der Waals surface area contributed by atoms with Gasteiger partial charge in [-0.3, -0.25) is 14.8 Å². The molecule has 0 saturated heterocycles. The minimum Gasteiger partial charge on any atom is -0.379 e. The number of benzene rings is 1. The van der Waals surface area contributed by atoms with E-state index in [4.69, 9.17) is 5.73 Å². The average Bonchev–Trinajstić information content (AvgIpc) is 3.47. The van der Waals surface area contributed by atoms with E-state index in [9.17, 15) is 4.79 Å². The summed E-state index contributed by atoms with van der Waals surface area (Å²) in [4.78, 5) is 21.5. The van der Waals surface area contributed by atoms with Gasteiger partial charge >= 0.3 is 0 Å². The number of carbonyl (C=O) groups excluding carboxylic acids is 1. The zero-order chi connectivity index (χ0) is 18.1. The van der Waals surface area contributed by atoms with Gasteiger partial charge in [0.1, 0.15) is 5.69 Å². The van der Waals surface area contributed by atoms with Gasteiger partial charge in [-0.1, -0.05) is 30.0 Å². The number of nitrogens with zero attached hydrogens (tertiary/aromatic N) is 2. The first-order valence-corrected chi connectivity index (χ1v) is 9.88. The van der Waals surface area contributed by atoms with Gasteiger partial charge in [0.2, 0.25) is 0 Å². The SMILES string of the molecule is CC1(c2cccc(NC(=O)c3ccc(C4CC4)cn3)c2)CCSC(N)=N1. The fourth-order valence-corrected chi connectivity index (χ4v) is 4.19. The minimum atomic E-state index is -0.347. The Kier molecular flexibility index (Phi) is 4.44. The molecule has 0 radical (unpaired) electrons. The molecule has 6 heteroatoms. The van der Waals surface area contributed by atoms with E-state index < -0.39 is 0 Å². The maximum absolute atomic E-state index is 12.5. The van der Waals surface area contributed by atoms with E-state index in [-0.39, 0.29) is 11.4 Å². The molecule has 0 bridgehead atoms. The third-order valence-corrected chi connectivity index (χ3v) is 5.80. The number of pyridine rings is 1. The van der Waals surface area contributed by atoms with Crippen molar-refractivity contribution < 1.29 is 4.79 Å². The second-order valence-corrected chi connectivity index (χ2v) is 8.22. The molecule has 1 aromatic heterocycles. The first kappa shape index (κ1) is 17.1. The minimum absolute atomic E-state index is 0.197. The zero-order valence-corrected chi connectivity index (χ0v) is 15.6. The monoisotopic (exact) mass is 366 g/mol. The maximum Gasteiger partial charge on any atom is 0.274 e. The molecule has 1 aliphatic heterocycles. The van der Waals surface area contributed by atoms with E-state index in [0.29, 0.717) is 16.8 Å². The number of carbonyl (C=O) groups is 1. The van der Waals surface area contributed by atoms with Crippen molar-refractivity contribution in [2.45, 2.75) is 37.6 Å². The summed E-state index contributed by atoms with van der Waals surface area (Å²) in [5.74, 6) is 1.38. The number of amidine groups is 1. The highest BCUT2D eigenvalue weighted by molar-refractivity contribution is 8.13. The van der Waals surface area contributed by atoms with Crippen molar-refractivity contribution in [2.75, 3.05) is 11.1 Å². The van der Waals surface area contributed by atoms with Gasteiger partial charge in [-0.05, 0) is 61.4 Å². The topological polar surface area (TPSA) is 80.4 Å². The van der Waals surface area contributed by atoms with E-state index in [2.05, 4.69) is 22.2 Å². The van der Waals surface area contributed by atoms with Crippen LogP contribution in [-0.2, 0) is 5.54 Å². The van der Waals surface area contributed by atoms with Crippen molar-refractivity contribution in [2.24, 2.45) is 10.7 Å². The van der Waals surface area contributed by atoms with Gasteiger partial charge in [0.25, 0.3) is 5.91 Å². The van der Waals surface area contributed by atoms with Crippen molar-refractivity contribution in [3.63, 3.8) is 0 Å². The molecule has 1 fully saturated rings. The third-order valence-electron chi connectivity index (χ3n) is 5.01. The molecule has 1 unspecified atom stereocenters. The number of nitrogens with two attached hydrogens (primary N) is 1. The summed E-state index contributed by atoms with van der Waals surface area (Å²) < 4.78 is 0. The summed E-state index contributed by atoms with van der Waals surface area (Å²) >= 11 is 1.58. The maximum atomic E-state index is 12.5. The lowest BCUT2D eigenvalue weighted by Gasteiger charge is -2.30. The highest BCUT2D eigenvalue weighted by atomic mass is 32.2. The van der Waals surface area contributed by atoms with Gasteiger partial charge < -0.3 is 11.1 Å². The number of thioether (sulfide) groups is 1. The van der Waals surface area contributed by atoms with Crippen molar-refractivity contribution in [3.8, 4) is 0 Å². The second kappa shape index (κ2) is 6.76. The lowest BCUT2D eigenvalue weighted by atomic mass is 9.89. The summed E-state index contributed by atoms with van der Waals surface area (Å²) in [5, 5.41) is 3.56. The molecule has 1 saturated carbocycles. The number of anilines is 1. The molecular formula is C20H22N4OS. The first-order chi connectivity index (χ1) is 12.5. The lowest BCUT2D eigenvalue weighted by molar-refractivity contribution is 0.102. The van der Waals surface area contributed by atoms with Crippen LogP contribution in [-0.4, -0.2) is 21.8 Å². The van der Waals surface area contributed by atoms with E-state index in [1.54, 1.807) is 17.8 Å². The van der Waals surface area contributed by atoms with Gasteiger partial charge in [0.05, 0.1) is 5.54 Å². The van der Waals surface area contributed by atoms with Crippen molar-refractivity contribution in [3.05, 3.63) is 59.4 Å². The van der Waals surface area contributed by atoms with Crippen LogP contribution in [0.2, 0.25) is 0 Å². The van der Waals surface area contributed by atoms with Gasteiger partial charge in [-0.15, -0.1) is 0 Å². The quantitative estimate of drug-likeness (QED) is 0.860. The van der Waals surface area contributed by atoms with E-state index in [1.807, 2.05) is 36.5 Å². The van der Waals surface area contributed by atoms with E-state index in [0.717, 1.165) is 23.4 Å². The molecule has 2 aliphatic rings. The van der Waals surface area contributed by atoms with Crippen LogP contribution >= 0.6 is 11.8 Å². The molecule has 3 N–H and O–H groups in total. The number of hydrogen-bond donors (Lipinski definition) is 2. The fraction of sp³-hybridized carbons (Fsp3) is 0.350. The molecule has 2 heterocycles. The fourth-order valence-electron chi connectivity index (χ4n) is 3.22. The normalized spacial score (nSPS) is 22.6. The predicted octanol–water partition coefficient (Wildman–Crippen LogP) is 3.88. The number of nitrogens with one attached hydrogen (secondary N) is 1. The van der Waals surface area contributed by atoms with Gasteiger partial charge in [0.15, 0.2) is 5.17 Å². The Morgan fingerprint density at radius 1 is 1.31 bits per heavy atom. The molecule has 1 atom stereocenters. The van der Waals surface area contributed by atoms with Gasteiger partial charge in [0, 0.05) is 17.6 Å². The standard InChI is InChI=1S/C20H22N4OS/c1-20(9-10-26-19(21)24-20)15-3-2-4-16(11-15)23-18(25)17-8-7-14(12-22-17)13-5-6-13/h2-4,7-8,11-13H,5-6,9-10H2,1H3,(H2,21,24)(H,23,25). The Bertz CT molecular complexity index is 860. The molecule has 5 nitrogen and oxygen atoms in total. The Balaban J connectivity index is 1.51. The van der Waals surface area contributed by atoms with Crippen LogP contribution in [0, 0.1) is 0 Å². The van der Waals surface area contributed by atoms with Crippen LogP contribution in [0.5, 0.6) is 0 Å². The average molecular weight is 366 g/mol. The van der Waals surface area contributed by atoms with Gasteiger partial charge in [-0.2, -0.15) is 0 Å². The molecule has 0 spiro atoms. The van der Waals surface area contributed by atoms with Gasteiger partial charge in [-0.25, -0.2) is 0 Å². The summed E-state index contributed by atoms with van der Waals surface area (Å²) in [6.45, 7) is 2.08. The largest absolute Gasteiger partial charge is 0.379 e. The number of amides is 1. The number of aliphatic imine (C=N–C) groups is 1. The van der Waals surface area contributed by atoms with Crippen LogP contribution < -0.4 is 11.1 Å². The Morgan fingerprint density at radius 3 is 2.85 bits per heavy atom. The first-order valence-electron chi connectivity index (χ1n) is 8.89. The van der Waals surface area contributed by atoms with Crippen molar-refractivity contribution in [1.82, 2.24) is 4.98 Å². The van der Waals surface area contributed by atoms with E-state index in [1.165, 1.54) is 18.4 Å². The van der Waals surface area contributed by atoms with Crippen LogP contribution in [0.3, 0.4) is 0 Å². The smallest absolute Gasteiger partial charge is 0.274 e. The second-order valence-electron chi connectivity index (χ2n) is 7.11. The molecule has 1 aromatic carbocycles. The third kappa shape index (κ3) is 3.60. The highest BCUT2D eigenvalue weighted by Gasteiger charge is 2.29. The van der Waals surface area contributed by atoms with Crippen molar-refractivity contribution >= 4 is 28.5 Å². The summed E-state index contributed by atoms with van der Waals surface area (Å²) in [6, 6.07) is 11.6. The Hall–Kier alpha value is -2.34. The van der Waals surface area contributed by atoms with E-state index >= 15 is 0 Å². The molecule has 4 rings (SSSR count). The summed E-state index contributed by atoms with van der Waals surface area (Å²) in [6.07, 6.45) is 5.19. The molecule has 1 aliphatic carbocycles. The molecule has 1 amide bonds.